The normalized spacial score (nSPS) is 17.4. The van der Waals surface area contributed by atoms with Crippen molar-refractivity contribution in [1.29, 1.82) is 0 Å². The molecule has 0 spiro atoms. The lowest BCUT2D eigenvalue weighted by molar-refractivity contribution is 0.109. The number of fused-ring (bicyclic) bond motifs is 1. The number of rotatable bonds is 4. The van der Waals surface area contributed by atoms with Gasteiger partial charge in [0.15, 0.2) is 5.82 Å². The third-order valence-corrected chi connectivity index (χ3v) is 6.87. The average molecular weight is 471 g/mol. The average Bonchev–Trinajstić information content (AvgIpc) is 2.89. The Morgan fingerprint density at radius 2 is 1.88 bits per heavy atom. The molecule has 5 rings (SSSR count). The fourth-order valence-electron chi connectivity index (χ4n) is 4.18. The van der Waals surface area contributed by atoms with Crippen LogP contribution in [0.2, 0.25) is 0 Å². The summed E-state index contributed by atoms with van der Waals surface area (Å²) in [5.41, 5.74) is 3.70. The summed E-state index contributed by atoms with van der Waals surface area (Å²) in [6, 6.07) is 7.34. The first-order valence-corrected chi connectivity index (χ1v) is 12.5. The Balaban J connectivity index is 0.000000376. The number of pyridine rings is 1. The highest BCUT2D eigenvalue weighted by Gasteiger charge is 2.23. The van der Waals surface area contributed by atoms with Gasteiger partial charge in [-0.05, 0) is 42.7 Å². The Kier molecular flexibility index (Phi) is 8.44. The monoisotopic (exact) mass is 470 g/mol. The Labute approximate surface area is 198 Å². The van der Waals surface area contributed by atoms with E-state index in [2.05, 4.69) is 36.1 Å². The molecule has 2 aliphatic heterocycles. The van der Waals surface area contributed by atoms with Gasteiger partial charge in [0.1, 0.15) is 11.3 Å². The van der Waals surface area contributed by atoms with E-state index in [1.165, 1.54) is 0 Å². The van der Waals surface area contributed by atoms with Crippen molar-refractivity contribution >= 4 is 28.8 Å². The van der Waals surface area contributed by atoms with E-state index in [0.29, 0.717) is 17.0 Å². The summed E-state index contributed by atoms with van der Waals surface area (Å²) >= 11 is 1.77. The van der Waals surface area contributed by atoms with Crippen molar-refractivity contribution in [2.24, 2.45) is 0 Å². The highest BCUT2D eigenvalue weighted by Crippen LogP contribution is 2.34. The predicted octanol–water partition coefficient (Wildman–Crippen LogP) is 3.94. The zero-order chi connectivity index (χ0) is 23.0. The minimum Gasteiger partial charge on any atom is -0.379 e. The summed E-state index contributed by atoms with van der Waals surface area (Å²) < 4.78 is 22.2. The topological polar surface area (TPSA) is 75.2 Å². The van der Waals surface area contributed by atoms with Crippen LogP contribution in [-0.4, -0.2) is 72.0 Å². The van der Waals surface area contributed by atoms with Crippen LogP contribution in [-0.2, 0) is 4.74 Å². The lowest BCUT2D eigenvalue weighted by Crippen LogP contribution is -2.30. The number of benzene rings is 1. The van der Waals surface area contributed by atoms with Crippen molar-refractivity contribution in [3.63, 3.8) is 0 Å². The molecule has 0 unspecified atom stereocenters. The number of halogens is 1. The molecule has 2 N–H and O–H groups in total. The number of piperidine rings is 1. The first-order chi connectivity index (χ1) is 16.2. The molecular formula is C24H31FN6OS. The largest absolute Gasteiger partial charge is 0.379 e. The lowest BCUT2D eigenvalue weighted by Gasteiger charge is -2.30. The van der Waals surface area contributed by atoms with Crippen LogP contribution < -0.4 is 10.6 Å². The van der Waals surface area contributed by atoms with Crippen LogP contribution in [0, 0.1) is 5.82 Å². The molecule has 176 valence electrons. The van der Waals surface area contributed by atoms with E-state index in [4.69, 9.17) is 4.74 Å². The van der Waals surface area contributed by atoms with E-state index in [1.54, 1.807) is 37.5 Å². The minimum atomic E-state index is -0.151. The van der Waals surface area contributed by atoms with Gasteiger partial charge in [0.05, 0.1) is 24.4 Å². The first-order valence-electron chi connectivity index (χ1n) is 11.4. The van der Waals surface area contributed by atoms with E-state index in [0.717, 1.165) is 68.9 Å². The molecule has 7 nitrogen and oxygen atoms in total. The van der Waals surface area contributed by atoms with Crippen LogP contribution in [0.15, 0.2) is 36.7 Å². The maximum Gasteiger partial charge on any atom is 0.154 e. The van der Waals surface area contributed by atoms with E-state index >= 15 is 0 Å². The Hall–Kier alpha value is -2.33. The summed E-state index contributed by atoms with van der Waals surface area (Å²) in [6.07, 6.45) is 7.36. The summed E-state index contributed by atoms with van der Waals surface area (Å²) in [7, 11) is 1.80. The van der Waals surface area contributed by atoms with E-state index in [1.807, 2.05) is 18.2 Å². The first kappa shape index (κ1) is 23.8. The van der Waals surface area contributed by atoms with Crippen LogP contribution >= 0.6 is 11.9 Å². The van der Waals surface area contributed by atoms with Crippen molar-refractivity contribution in [2.75, 3.05) is 58.0 Å². The second-order valence-corrected chi connectivity index (χ2v) is 8.90. The fourth-order valence-corrected chi connectivity index (χ4v) is 4.75. The van der Waals surface area contributed by atoms with Gasteiger partial charge in [-0.2, -0.15) is 0 Å². The summed E-state index contributed by atoms with van der Waals surface area (Å²) in [4.78, 5) is 13.3. The van der Waals surface area contributed by atoms with Crippen LogP contribution in [0.3, 0.4) is 0 Å². The third kappa shape index (κ3) is 5.97. The SMILES string of the molecule is C1COCCN1.CNc1nc(-c2ccc(C3CCN(SC)CC3)c(F)c2)cc2nccnc12. The van der Waals surface area contributed by atoms with Crippen molar-refractivity contribution in [1.82, 2.24) is 24.6 Å². The van der Waals surface area contributed by atoms with Gasteiger partial charge >= 0.3 is 0 Å². The molecule has 33 heavy (non-hydrogen) atoms. The third-order valence-electron chi connectivity index (χ3n) is 5.99. The van der Waals surface area contributed by atoms with E-state index < -0.39 is 0 Å². The number of hydrogen-bond donors (Lipinski definition) is 2. The highest BCUT2D eigenvalue weighted by molar-refractivity contribution is 7.96. The van der Waals surface area contributed by atoms with Crippen LogP contribution in [0.1, 0.15) is 24.3 Å². The van der Waals surface area contributed by atoms with Crippen molar-refractivity contribution in [2.45, 2.75) is 18.8 Å². The van der Waals surface area contributed by atoms with Crippen molar-refractivity contribution < 1.29 is 9.13 Å². The maximum atomic E-state index is 14.9. The maximum absolute atomic E-state index is 14.9. The molecular weight excluding hydrogens is 439 g/mol. The van der Waals surface area contributed by atoms with Gasteiger partial charge in [0.2, 0.25) is 0 Å². The number of nitrogens with one attached hydrogen (secondary N) is 2. The van der Waals surface area contributed by atoms with Crippen LogP contribution in [0.5, 0.6) is 0 Å². The summed E-state index contributed by atoms with van der Waals surface area (Å²) in [5.74, 6) is 0.775. The Bertz CT molecular complexity index is 1040. The van der Waals surface area contributed by atoms with Gasteiger partial charge in [-0.15, -0.1) is 0 Å². The summed E-state index contributed by atoms with van der Waals surface area (Å²) in [5, 5.41) is 6.21. The molecule has 2 fully saturated rings. The Morgan fingerprint density at radius 3 is 2.48 bits per heavy atom. The second-order valence-electron chi connectivity index (χ2n) is 8.01. The zero-order valence-corrected chi connectivity index (χ0v) is 20.0. The molecule has 0 radical (unpaired) electrons. The molecule has 0 aliphatic carbocycles. The van der Waals surface area contributed by atoms with E-state index in [9.17, 15) is 4.39 Å². The second kappa shape index (κ2) is 11.7. The fraction of sp³-hybridized carbons (Fsp3) is 0.458. The Morgan fingerprint density at radius 1 is 1.12 bits per heavy atom. The smallest absolute Gasteiger partial charge is 0.154 e. The molecule has 0 bridgehead atoms. The number of hydrogen-bond acceptors (Lipinski definition) is 8. The van der Waals surface area contributed by atoms with Gasteiger partial charge in [0, 0.05) is 51.2 Å². The molecule has 2 aliphatic rings. The highest BCUT2D eigenvalue weighted by atomic mass is 32.2. The molecule has 3 aromatic rings. The van der Waals surface area contributed by atoms with Gasteiger partial charge in [-0.3, -0.25) is 9.29 Å². The molecule has 2 aromatic heterocycles. The van der Waals surface area contributed by atoms with Gasteiger partial charge in [-0.1, -0.05) is 24.1 Å². The molecule has 4 heterocycles. The molecule has 0 amide bonds. The standard InChI is InChI=1S/C20H22FN5S.C4H9NO/c1-22-20-19-18(23-7-8-24-19)12-17(25-20)14-3-4-15(16(21)11-14)13-5-9-26(27-2)10-6-13;1-3-6-4-2-5-1/h3-4,7-8,11-13H,5-6,9-10H2,1-2H3,(H,22,25);5H,1-4H2. The molecule has 9 heteroatoms. The molecule has 0 atom stereocenters. The van der Waals surface area contributed by atoms with Gasteiger partial charge in [-0.25, -0.2) is 14.4 Å². The molecule has 1 aromatic carbocycles. The zero-order valence-electron chi connectivity index (χ0n) is 19.2. The van der Waals surface area contributed by atoms with Gasteiger partial charge in [0.25, 0.3) is 0 Å². The summed E-state index contributed by atoms with van der Waals surface area (Å²) in [6.45, 7) is 5.84. The van der Waals surface area contributed by atoms with Crippen LogP contribution in [0.4, 0.5) is 10.2 Å². The van der Waals surface area contributed by atoms with E-state index in [-0.39, 0.29) is 11.7 Å². The number of morpholine rings is 1. The molecule has 0 saturated carbocycles. The number of aromatic nitrogens is 3. The minimum absolute atomic E-state index is 0.151. The lowest BCUT2D eigenvalue weighted by atomic mass is 9.89. The van der Waals surface area contributed by atoms with Gasteiger partial charge < -0.3 is 15.4 Å². The number of anilines is 1. The molecule has 2 saturated heterocycles. The van der Waals surface area contributed by atoms with Crippen LogP contribution in [0.25, 0.3) is 22.3 Å². The van der Waals surface area contributed by atoms with Crippen molar-refractivity contribution in [3.8, 4) is 11.3 Å². The number of ether oxygens (including phenoxy) is 1. The number of nitrogens with zero attached hydrogens (tertiary/aromatic N) is 4. The quantitative estimate of drug-likeness (QED) is 0.556. The predicted molar refractivity (Wildman–Crippen MR) is 133 cm³/mol. The van der Waals surface area contributed by atoms with Crippen molar-refractivity contribution in [3.05, 3.63) is 48.0 Å².